The minimum absolute atomic E-state index is 0.0684. The van der Waals surface area contributed by atoms with Crippen molar-refractivity contribution in [3.63, 3.8) is 0 Å². The van der Waals surface area contributed by atoms with Crippen LogP contribution in [-0.2, 0) is 14.4 Å². The summed E-state index contributed by atoms with van der Waals surface area (Å²) in [5.74, 6) is -1.58. The number of imide groups is 1. The Kier molecular flexibility index (Phi) is 4.87. The van der Waals surface area contributed by atoms with Crippen LogP contribution in [0.2, 0.25) is 0 Å². The quantitative estimate of drug-likeness (QED) is 0.739. The Hall–Kier alpha value is -3.13. The van der Waals surface area contributed by atoms with Crippen LogP contribution in [0.1, 0.15) is 33.6 Å². The van der Waals surface area contributed by atoms with Gasteiger partial charge in [-0.15, -0.1) is 11.8 Å². The number of anilines is 1. The van der Waals surface area contributed by atoms with Crippen LogP contribution >= 0.6 is 11.8 Å². The number of thioether (sulfide) groups is 1. The maximum absolute atomic E-state index is 12.6. The van der Waals surface area contributed by atoms with E-state index in [0.29, 0.717) is 11.6 Å². The predicted octanol–water partition coefficient (Wildman–Crippen LogP) is 2.66. The molecule has 0 spiro atoms. The molecule has 7 nitrogen and oxygen atoms in total. The maximum Gasteiger partial charge on any atom is 0.333 e. The predicted molar refractivity (Wildman–Crippen MR) is 102 cm³/mol. The number of carbonyl (C=O) groups is 4. The molecule has 2 aromatic rings. The SMILES string of the molecule is O=C(CCC(=O)N1CCSc2ccccc21)ON1C(=O)c2ccccc2C1=O. The Balaban J connectivity index is 1.36. The Morgan fingerprint density at radius 3 is 2.29 bits per heavy atom. The van der Waals surface area contributed by atoms with Crippen molar-refractivity contribution >= 4 is 41.1 Å². The number of hydrogen-bond acceptors (Lipinski definition) is 6. The standard InChI is InChI=1S/C20H16N2O5S/c23-17(21-11-12-28-16-8-4-3-7-15(16)21)9-10-18(24)27-22-19(25)13-5-1-2-6-14(13)20(22)26/h1-8H,9-12H2. The number of hydroxylamine groups is 2. The highest BCUT2D eigenvalue weighted by atomic mass is 32.2. The molecule has 0 saturated carbocycles. The fraction of sp³-hybridized carbons (Fsp3) is 0.200. The minimum atomic E-state index is -0.803. The topological polar surface area (TPSA) is 84.0 Å². The van der Waals surface area contributed by atoms with Crippen LogP contribution in [0.5, 0.6) is 0 Å². The highest BCUT2D eigenvalue weighted by Crippen LogP contribution is 2.34. The lowest BCUT2D eigenvalue weighted by atomic mass is 10.1. The summed E-state index contributed by atoms with van der Waals surface area (Å²) in [6.45, 7) is 0.563. The highest BCUT2D eigenvalue weighted by molar-refractivity contribution is 7.99. The van der Waals surface area contributed by atoms with Gasteiger partial charge in [0.1, 0.15) is 0 Å². The fourth-order valence-corrected chi connectivity index (χ4v) is 4.16. The van der Waals surface area contributed by atoms with Crippen molar-refractivity contribution in [3.8, 4) is 0 Å². The van der Waals surface area contributed by atoms with Gasteiger partial charge in [-0.2, -0.15) is 0 Å². The monoisotopic (exact) mass is 396 g/mol. The summed E-state index contributed by atoms with van der Waals surface area (Å²) in [4.78, 5) is 56.8. The molecule has 0 fully saturated rings. The van der Waals surface area contributed by atoms with Crippen molar-refractivity contribution in [2.24, 2.45) is 0 Å². The van der Waals surface area contributed by atoms with Crippen LogP contribution in [0.15, 0.2) is 53.4 Å². The molecule has 2 heterocycles. The van der Waals surface area contributed by atoms with Crippen molar-refractivity contribution in [2.45, 2.75) is 17.7 Å². The second-order valence-corrected chi connectivity index (χ2v) is 7.41. The second-order valence-electron chi connectivity index (χ2n) is 6.28. The summed E-state index contributed by atoms with van der Waals surface area (Å²) in [6, 6.07) is 13.9. The molecule has 2 aromatic carbocycles. The molecule has 142 valence electrons. The summed E-state index contributed by atoms with van der Waals surface area (Å²) in [7, 11) is 0. The molecule has 0 saturated heterocycles. The van der Waals surface area contributed by atoms with Gasteiger partial charge in [0.25, 0.3) is 11.8 Å². The number of nitrogens with zero attached hydrogens (tertiary/aromatic N) is 2. The van der Waals surface area contributed by atoms with Gasteiger partial charge >= 0.3 is 5.97 Å². The van der Waals surface area contributed by atoms with Crippen molar-refractivity contribution in [1.29, 1.82) is 0 Å². The molecular formula is C20H16N2O5S. The van der Waals surface area contributed by atoms with Crippen LogP contribution in [0, 0.1) is 0 Å². The van der Waals surface area contributed by atoms with Gasteiger partial charge in [0.15, 0.2) is 0 Å². The first-order valence-corrected chi connectivity index (χ1v) is 9.75. The lowest BCUT2D eigenvalue weighted by molar-refractivity contribution is -0.169. The first kappa shape index (κ1) is 18.2. The maximum atomic E-state index is 12.6. The zero-order valence-electron chi connectivity index (χ0n) is 14.8. The van der Waals surface area contributed by atoms with E-state index >= 15 is 0 Å². The zero-order chi connectivity index (χ0) is 19.7. The number of carbonyl (C=O) groups excluding carboxylic acids is 4. The van der Waals surface area contributed by atoms with E-state index in [9.17, 15) is 19.2 Å². The number of rotatable bonds is 4. The van der Waals surface area contributed by atoms with E-state index in [1.54, 1.807) is 28.8 Å². The molecule has 4 rings (SSSR count). The van der Waals surface area contributed by atoms with E-state index in [2.05, 4.69) is 0 Å². The average Bonchev–Trinajstić information content (AvgIpc) is 2.96. The van der Waals surface area contributed by atoms with Crippen LogP contribution in [0.25, 0.3) is 0 Å². The summed E-state index contributed by atoms with van der Waals surface area (Å²) < 4.78 is 0. The first-order chi connectivity index (χ1) is 13.6. The Bertz CT molecular complexity index is 955. The van der Waals surface area contributed by atoms with Crippen LogP contribution in [0.3, 0.4) is 0 Å². The van der Waals surface area contributed by atoms with Gasteiger partial charge in [-0.1, -0.05) is 29.3 Å². The van der Waals surface area contributed by atoms with Crippen LogP contribution < -0.4 is 4.90 Å². The van der Waals surface area contributed by atoms with Crippen molar-refractivity contribution in [3.05, 3.63) is 59.7 Å². The van der Waals surface area contributed by atoms with Gasteiger partial charge in [0.05, 0.1) is 23.2 Å². The Labute approximate surface area is 165 Å². The first-order valence-electron chi connectivity index (χ1n) is 8.77. The van der Waals surface area contributed by atoms with Crippen molar-refractivity contribution in [2.75, 3.05) is 17.2 Å². The molecule has 2 aliphatic heterocycles. The molecule has 0 aromatic heterocycles. The average molecular weight is 396 g/mol. The third-order valence-corrected chi connectivity index (χ3v) is 5.57. The fourth-order valence-electron chi connectivity index (χ4n) is 3.17. The number of fused-ring (bicyclic) bond motifs is 2. The van der Waals surface area contributed by atoms with E-state index in [1.165, 1.54) is 12.1 Å². The number of hydrogen-bond donors (Lipinski definition) is 0. The third kappa shape index (κ3) is 3.27. The molecule has 8 heteroatoms. The molecule has 0 unspecified atom stereocenters. The van der Waals surface area contributed by atoms with Gasteiger partial charge in [0.2, 0.25) is 5.91 Å². The highest BCUT2D eigenvalue weighted by Gasteiger charge is 2.38. The van der Waals surface area contributed by atoms with Gasteiger partial charge in [-0.3, -0.25) is 14.4 Å². The largest absolute Gasteiger partial charge is 0.333 e. The molecule has 0 bridgehead atoms. The normalized spacial score (nSPS) is 15.3. The van der Waals surface area contributed by atoms with E-state index < -0.39 is 17.8 Å². The Morgan fingerprint density at radius 2 is 1.57 bits per heavy atom. The van der Waals surface area contributed by atoms with E-state index in [-0.39, 0.29) is 29.9 Å². The van der Waals surface area contributed by atoms with Crippen molar-refractivity contribution in [1.82, 2.24) is 5.06 Å². The van der Waals surface area contributed by atoms with Gasteiger partial charge in [0, 0.05) is 23.6 Å². The van der Waals surface area contributed by atoms with Gasteiger partial charge < -0.3 is 9.74 Å². The number of para-hydroxylation sites is 1. The molecule has 3 amide bonds. The molecule has 0 N–H and O–H groups in total. The molecule has 2 aliphatic rings. The molecule has 0 radical (unpaired) electrons. The van der Waals surface area contributed by atoms with Gasteiger partial charge in [-0.05, 0) is 24.3 Å². The van der Waals surface area contributed by atoms with Crippen molar-refractivity contribution < 1.29 is 24.0 Å². The molecule has 0 atom stereocenters. The second kappa shape index (κ2) is 7.47. The lowest BCUT2D eigenvalue weighted by Gasteiger charge is -2.29. The number of amides is 3. The third-order valence-electron chi connectivity index (χ3n) is 4.52. The van der Waals surface area contributed by atoms with Gasteiger partial charge in [-0.25, -0.2) is 4.79 Å². The molecule has 0 aliphatic carbocycles. The summed E-state index contributed by atoms with van der Waals surface area (Å²) >= 11 is 1.68. The van der Waals surface area contributed by atoms with Crippen LogP contribution in [-0.4, -0.2) is 41.1 Å². The number of benzene rings is 2. The summed E-state index contributed by atoms with van der Waals surface area (Å²) in [6.07, 6.45) is -0.293. The van der Waals surface area contributed by atoms with E-state index in [1.807, 2.05) is 24.3 Å². The summed E-state index contributed by atoms with van der Waals surface area (Å²) in [5.41, 5.74) is 1.22. The molecular weight excluding hydrogens is 380 g/mol. The summed E-state index contributed by atoms with van der Waals surface area (Å²) in [5, 5.41) is 0.463. The zero-order valence-corrected chi connectivity index (χ0v) is 15.6. The minimum Gasteiger partial charge on any atom is -0.330 e. The lowest BCUT2D eigenvalue weighted by Crippen LogP contribution is -2.36. The van der Waals surface area contributed by atoms with E-state index in [4.69, 9.17) is 4.84 Å². The Morgan fingerprint density at radius 1 is 0.929 bits per heavy atom. The molecule has 28 heavy (non-hydrogen) atoms. The van der Waals surface area contributed by atoms with E-state index in [0.717, 1.165) is 16.3 Å². The smallest absolute Gasteiger partial charge is 0.330 e. The van der Waals surface area contributed by atoms with Crippen LogP contribution in [0.4, 0.5) is 5.69 Å².